The average molecular weight is 744 g/mol. The Morgan fingerprint density at radius 3 is 2.50 bits per heavy atom. The van der Waals surface area contributed by atoms with Gasteiger partial charge >= 0.3 is 6.18 Å². The van der Waals surface area contributed by atoms with Gasteiger partial charge in [-0.05, 0) is 73.1 Å². The minimum atomic E-state index is -4.49. The van der Waals surface area contributed by atoms with Gasteiger partial charge in [0.25, 0.3) is 11.5 Å². The number of nitrogens with zero attached hydrogens (tertiary/aromatic N) is 8. The van der Waals surface area contributed by atoms with E-state index in [1.807, 2.05) is 30.0 Å². The van der Waals surface area contributed by atoms with Gasteiger partial charge in [0.1, 0.15) is 18.6 Å². The van der Waals surface area contributed by atoms with Crippen LogP contribution >= 0.6 is 0 Å². The maximum absolute atomic E-state index is 14.4. The third-order valence-corrected chi connectivity index (χ3v) is 10.4. The highest BCUT2D eigenvalue weighted by Gasteiger charge is 2.37. The number of ether oxygens (including phenoxy) is 1. The molecule has 0 bridgehead atoms. The van der Waals surface area contributed by atoms with Crippen LogP contribution in [-0.4, -0.2) is 83.7 Å². The number of piperazine rings is 1. The zero-order valence-corrected chi connectivity index (χ0v) is 29.5. The topological polar surface area (TPSA) is 160 Å². The number of hydrogen-bond donors (Lipinski definition) is 2. The summed E-state index contributed by atoms with van der Waals surface area (Å²) in [5.41, 5.74) is 3.63. The van der Waals surface area contributed by atoms with E-state index in [2.05, 4.69) is 20.4 Å². The van der Waals surface area contributed by atoms with Crippen LogP contribution < -0.4 is 15.8 Å². The number of anilines is 2. The predicted octanol–water partition coefficient (Wildman–Crippen LogP) is 3.72. The molecule has 2 aromatic carbocycles. The van der Waals surface area contributed by atoms with Crippen molar-refractivity contribution in [2.24, 2.45) is 0 Å². The number of benzene rings is 2. The number of carbonyl (C=O) groups is 2. The lowest BCUT2D eigenvalue weighted by Gasteiger charge is -2.36. The highest BCUT2D eigenvalue weighted by Crippen LogP contribution is 2.41. The van der Waals surface area contributed by atoms with Gasteiger partial charge in [-0.2, -0.15) is 22.7 Å². The molecule has 17 heteroatoms. The molecule has 1 fully saturated rings. The number of aryl methyl sites for hydroxylation is 1. The molecule has 0 saturated carbocycles. The zero-order valence-electron chi connectivity index (χ0n) is 29.5. The molecular formula is C37H36F3N9O5. The second-order valence-electron chi connectivity index (χ2n) is 13.6. The van der Waals surface area contributed by atoms with Gasteiger partial charge in [0.05, 0.1) is 30.2 Å². The van der Waals surface area contributed by atoms with Gasteiger partial charge in [0, 0.05) is 37.4 Å². The summed E-state index contributed by atoms with van der Waals surface area (Å²) in [6.07, 6.45) is -1.56. The third kappa shape index (κ3) is 6.11. The third-order valence-electron chi connectivity index (χ3n) is 10.4. The summed E-state index contributed by atoms with van der Waals surface area (Å²) in [6, 6.07) is 8.06. The van der Waals surface area contributed by atoms with Gasteiger partial charge in [-0.25, -0.2) is 9.97 Å². The first-order valence-corrected chi connectivity index (χ1v) is 17.7. The Balaban J connectivity index is 1.16. The predicted molar refractivity (Wildman–Crippen MR) is 189 cm³/mol. The fourth-order valence-electron chi connectivity index (χ4n) is 7.51. The highest BCUT2D eigenvalue weighted by atomic mass is 19.4. The summed E-state index contributed by atoms with van der Waals surface area (Å²) in [6.45, 7) is 5.13. The molecule has 14 nitrogen and oxygen atoms in total. The van der Waals surface area contributed by atoms with E-state index in [1.54, 1.807) is 16.4 Å². The van der Waals surface area contributed by atoms with Crippen molar-refractivity contribution >= 4 is 29.0 Å². The maximum Gasteiger partial charge on any atom is 0.416 e. The molecule has 280 valence electrons. The van der Waals surface area contributed by atoms with E-state index >= 15 is 0 Å². The van der Waals surface area contributed by atoms with Crippen molar-refractivity contribution in [1.29, 1.82) is 0 Å². The van der Waals surface area contributed by atoms with Crippen LogP contribution in [-0.2, 0) is 54.5 Å². The van der Waals surface area contributed by atoms with Gasteiger partial charge in [-0.15, -0.1) is 5.10 Å². The zero-order chi connectivity index (χ0) is 37.9. The Bertz CT molecular complexity index is 2400. The monoisotopic (exact) mass is 743 g/mol. The number of halogens is 3. The van der Waals surface area contributed by atoms with Crippen molar-refractivity contribution in [1.82, 2.24) is 34.0 Å². The smallest absolute Gasteiger partial charge is 0.416 e. The van der Waals surface area contributed by atoms with Crippen LogP contribution in [0.5, 0.6) is 5.75 Å². The number of amides is 2. The molecule has 1 aliphatic carbocycles. The van der Waals surface area contributed by atoms with Gasteiger partial charge in [-0.3, -0.25) is 14.4 Å². The molecule has 0 atom stereocenters. The summed E-state index contributed by atoms with van der Waals surface area (Å²) < 4.78 is 49.2. The number of rotatable bonds is 7. The molecule has 2 amide bonds. The lowest BCUT2D eigenvalue weighted by Crippen LogP contribution is -2.51. The van der Waals surface area contributed by atoms with E-state index in [9.17, 15) is 32.7 Å². The Labute approximate surface area is 306 Å². The largest absolute Gasteiger partial charge is 0.504 e. The number of aromatic nitrogens is 6. The second-order valence-corrected chi connectivity index (χ2v) is 13.6. The molecule has 5 aromatic rings. The molecule has 5 heterocycles. The summed E-state index contributed by atoms with van der Waals surface area (Å²) >= 11 is 0. The van der Waals surface area contributed by atoms with Crippen LogP contribution in [0.15, 0.2) is 41.5 Å². The van der Waals surface area contributed by atoms with Crippen LogP contribution in [0.1, 0.15) is 56.6 Å². The van der Waals surface area contributed by atoms with E-state index in [1.165, 1.54) is 16.9 Å². The summed E-state index contributed by atoms with van der Waals surface area (Å²) in [4.78, 5) is 57.6. The van der Waals surface area contributed by atoms with Gasteiger partial charge in [0.2, 0.25) is 11.7 Å². The lowest BCUT2D eigenvalue weighted by molar-refractivity contribution is -0.138. The summed E-state index contributed by atoms with van der Waals surface area (Å²) in [5, 5.41) is 17.9. The SMILES string of the molecule is CCc1c(N2CCN(C(=O)c3ncnc(C)c3O)CC2)c(=O)n2nc(-c3ccc4c(c3)CCOC4)nc2n1CC(=O)Nc1ccc(C(F)(F)F)c2c1CC2. The van der Waals surface area contributed by atoms with Crippen molar-refractivity contribution in [3.8, 4) is 17.1 Å². The van der Waals surface area contributed by atoms with Crippen molar-refractivity contribution in [2.45, 2.75) is 58.9 Å². The van der Waals surface area contributed by atoms with Crippen LogP contribution in [0.3, 0.4) is 0 Å². The van der Waals surface area contributed by atoms with Gasteiger partial charge < -0.3 is 29.5 Å². The van der Waals surface area contributed by atoms with Crippen LogP contribution in [0.2, 0.25) is 0 Å². The highest BCUT2D eigenvalue weighted by molar-refractivity contribution is 5.95. The second kappa shape index (κ2) is 13.5. The molecule has 2 aliphatic heterocycles. The van der Waals surface area contributed by atoms with E-state index in [0.29, 0.717) is 60.7 Å². The summed E-state index contributed by atoms with van der Waals surface area (Å²) in [7, 11) is 0. The van der Waals surface area contributed by atoms with E-state index < -0.39 is 29.1 Å². The molecule has 54 heavy (non-hydrogen) atoms. The van der Waals surface area contributed by atoms with Crippen molar-refractivity contribution in [3.63, 3.8) is 0 Å². The lowest BCUT2D eigenvalue weighted by atomic mass is 9.83. The Kier molecular flexibility index (Phi) is 8.82. The molecule has 3 aliphatic rings. The standard InChI is InChI=1S/C37H36F3N9O5/c1-3-28-31(46-11-13-47(14-12-46)34(52)30-32(51)20(2)41-19-42-30)35(53)49-36(44-33(45-49)22-4-5-23-18-54-15-10-21(23)16-22)48(28)17-29(50)43-27-9-8-26(37(38,39)40)24-6-7-25(24)27/h4-5,8-9,16,19,51H,3,6-7,10-15,17-18H2,1-2H3,(H,43,50). The van der Waals surface area contributed by atoms with E-state index in [4.69, 9.17) is 9.72 Å². The first kappa shape index (κ1) is 35.2. The number of aromatic hydroxyl groups is 1. The average Bonchev–Trinajstić information content (AvgIpc) is 3.60. The number of carbonyl (C=O) groups excluding carboxylic acids is 2. The first-order valence-electron chi connectivity index (χ1n) is 17.7. The minimum Gasteiger partial charge on any atom is -0.504 e. The van der Waals surface area contributed by atoms with Crippen molar-refractivity contribution in [3.05, 3.63) is 91.9 Å². The van der Waals surface area contributed by atoms with Crippen LogP contribution in [0.25, 0.3) is 17.2 Å². The summed E-state index contributed by atoms with van der Waals surface area (Å²) in [5.74, 6) is -0.840. The molecule has 3 aromatic heterocycles. The number of hydrogen-bond acceptors (Lipinski definition) is 10. The Morgan fingerprint density at radius 1 is 1.00 bits per heavy atom. The number of fused-ring (bicyclic) bond motifs is 3. The molecule has 8 rings (SSSR count). The first-order chi connectivity index (χ1) is 25.9. The molecule has 0 unspecified atom stereocenters. The maximum atomic E-state index is 14.4. The van der Waals surface area contributed by atoms with Crippen molar-refractivity contribution < 1.29 is 32.6 Å². The van der Waals surface area contributed by atoms with Crippen LogP contribution in [0, 0.1) is 6.92 Å². The molecular weight excluding hydrogens is 707 g/mol. The number of alkyl halides is 3. The van der Waals surface area contributed by atoms with E-state index in [-0.39, 0.29) is 73.4 Å². The fourth-order valence-corrected chi connectivity index (χ4v) is 7.51. The minimum absolute atomic E-state index is 0.104. The van der Waals surface area contributed by atoms with Crippen LogP contribution in [0.4, 0.5) is 24.5 Å². The Hall–Kier alpha value is -5.84. The fraction of sp³-hybridized carbons (Fsp3) is 0.378. The molecule has 0 spiro atoms. The van der Waals surface area contributed by atoms with Gasteiger partial charge in [0.15, 0.2) is 17.3 Å². The van der Waals surface area contributed by atoms with E-state index in [0.717, 1.165) is 17.2 Å². The quantitative estimate of drug-likeness (QED) is 0.252. The Morgan fingerprint density at radius 2 is 1.78 bits per heavy atom. The molecule has 1 saturated heterocycles. The number of nitrogens with one attached hydrogen (secondary N) is 1. The van der Waals surface area contributed by atoms with Gasteiger partial charge in [-0.1, -0.05) is 19.1 Å². The molecule has 2 N–H and O–H groups in total. The normalized spacial score (nSPS) is 15.5. The van der Waals surface area contributed by atoms with Crippen molar-refractivity contribution in [2.75, 3.05) is 43.0 Å². The molecule has 0 radical (unpaired) electrons.